The molecule has 0 bridgehead atoms. The van der Waals surface area contributed by atoms with Crippen molar-refractivity contribution >= 4 is 15.9 Å². The number of hydrogen-bond acceptors (Lipinski definition) is 6. The molecule has 1 aromatic carbocycles. The van der Waals surface area contributed by atoms with Crippen LogP contribution in [0.3, 0.4) is 0 Å². The van der Waals surface area contributed by atoms with E-state index in [1.165, 1.54) is 24.3 Å². The van der Waals surface area contributed by atoms with E-state index in [1.54, 1.807) is 17.7 Å². The van der Waals surface area contributed by atoms with Crippen LogP contribution in [0, 0.1) is 6.92 Å². The Bertz CT molecular complexity index is 1130. The van der Waals surface area contributed by atoms with Gasteiger partial charge in [0.25, 0.3) is 5.89 Å². The lowest BCUT2D eigenvalue weighted by atomic mass is 10.2. The number of benzene rings is 1. The van der Waals surface area contributed by atoms with Gasteiger partial charge in [0.2, 0.25) is 11.6 Å². The zero-order valence-corrected chi connectivity index (χ0v) is 18.1. The summed E-state index contributed by atoms with van der Waals surface area (Å²) in [7, 11) is 0. The Morgan fingerprint density at radius 3 is 2.55 bits per heavy atom. The lowest BCUT2D eigenvalue weighted by molar-refractivity contribution is -0.274. The number of aromatic nitrogens is 5. The summed E-state index contributed by atoms with van der Waals surface area (Å²) in [6.07, 6.45) is 0.797. The molecule has 162 valence electrons. The summed E-state index contributed by atoms with van der Waals surface area (Å²) in [5, 5.41) is 8.26. The molecule has 3 rings (SSSR count). The Morgan fingerprint density at radius 2 is 1.94 bits per heavy atom. The van der Waals surface area contributed by atoms with E-state index in [9.17, 15) is 13.2 Å². The Kier molecular flexibility index (Phi) is 6.74. The van der Waals surface area contributed by atoms with Crippen molar-refractivity contribution < 1.29 is 22.4 Å². The summed E-state index contributed by atoms with van der Waals surface area (Å²) in [4.78, 5) is 8.59. The molecule has 11 heteroatoms. The van der Waals surface area contributed by atoms with Gasteiger partial charge in [-0.15, -0.1) is 18.3 Å². The maximum Gasteiger partial charge on any atom is 0.573 e. The van der Waals surface area contributed by atoms with Crippen molar-refractivity contribution in [2.75, 3.05) is 0 Å². The Morgan fingerprint density at radius 1 is 1.23 bits per heavy atom. The second-order valence-corrected chi connectivity index (χ2v) is 7.15. The normalized spacial score (nSPS) is 12.8. The quantitative estimate of drug-likeness (QED) is 0.396. The molecule has 0 unspecified atom stereocenters. The average molecular weight is 496 g/mol. The van der Waals surface area contributed by atoms with Gasteiger partial charge in [-0.2, -0.15) is 4.98 Å². The van der Waals surface area contributed by atoms with E-state index in [4.69, 9.17) is 4.52 Å². The van der Waals surface area contributed by atoms with E-state index in [1.807, 2.05) is 19.1 Å². The maximum atomic E-state index is 12.3. The number of halogens is 4. The minimum Gasteiger partial charge on any atom is -0.406 e. The van der Waals surface area contributed by atoms with Crippen LogP contribution in [0.15, 0.2) is 63.7 Å². The molecule has 0 fully saturated rings. The zero-order valence-electron chi connectivity index (χ0n) is 16.5. The molecule has 0 saturated heterocycles. The number of allylic oxidation sites excluding steroid dienone is 5. The van der Waals surface area contributed by atoms with E-state index < -0.39 is 6.36 Å². The van der Waals surface area contributed by atoms with Gasteiger partial charge in [-0.25, -0.2) is 9.67 Å². The third kappa shape index (κ3) is 5.91. The number of ether oxygens (including phenoxy) is 1. The fraction of sp³-hybridized carbons (Fsp3) is 0.200. The van der Waals surface area contributed by atoms with Gasteiger partial charge < -0.3 is 9.26 Å². The Balaban J connectivity index is 1.79. The molecule has 0 aliphatic heterocycles. The second-order valence-electron chi connectivity index (χ2n) is 6.23. The van der Waals surface area contributed by atoms with Gasteiger partial charge in [0.1, 0.15) is 11.6 Å². The maximum absolute atomic E-state index is 12.3. The smallest absolute Gasteiger partial charge is 0.406 e. The lowest BCUT2D eigenvalue weighted by Gasteiger charge is -2.08. The van der Waals surface area contributed by atoms with Crippen LogP contribution < -0.4 is 4.74 Å². The molecular weight excluding hydrogens is 479 g/mol. The molecule has 2 heterocycles. The number of hydrogen-bond donors (Lipinski definition) is 0. The highest BCUT2D eigenvalue weighted by atomic mass is 79.9. The fourth-order valence-corrected chi connectivity index (χ4v) is 2.79. The average Bonchev–Trinajstić information content (AvgIpc) is 3.34. The molecule has 0 amide bonds. The van der Waals surface area contributed by atoms with Crippen LogP contribution in [0.4, 0.5) is 13.2 Å². The number of aryl methyl sites for hydroxylation is 1. The third-order valence-corrected chi connectivity index (χ3v) is 4.70. The van der Waals surface area contributed by atoms with Crippen LogP contribution >= 0.6 is 15.9 Å². The first-order valence-electron chi connectivity index (χ1n) is 8.95. The van der Waals surface area contributed by atoms with Crippen LogP contribution in [0.2, 0.25) is 0 Å². The molecule has 0 aliphatic carbocycles. The minimum absolute atomic E-state index is 0.0891. The monoisotopic (exact) mass is 495 g/mol. The first kappa shape index (κ1) is 22.5. The zero-order chi connectivity index (χ0) is 22.6. The van der Waals surface area contributed by atoms with Crippen LogP contribution in [-0.4, -0.2) is 31.3 Å². The van der Waals surface area contributed by atoms with Crippen molar-refractivity contribution in [3.8, 4) is 28.9 Å². The second kappa shape index (κ2) is 9.29. The van der Waals surface area contributed by atoms with Gasteiger partial charge in [-0.3, -0.25) is 0 Å². The molecule has 0 atom stereocenters. The van der Waals surface area contributed by atoms with E-state index in [2.05, 4.69) is 47.5 Å². The van der Waals surface area contributed by atoms with E-state index in [0.717, 1.165) is 10.1 Å². The number of nitrogens with zero attached hydrogens (tertiary/aromatic N) is 5. The molecule has 0 aliphatic rings. The predicted octanol–water partition coefficient (Wildman–Crippen LogP) is 5.61. The Labute approximate surface area is 184 Å². The first-order chi connectivity index (χ1) is 14.7. The Hall–Kier alpha value is -3.21. The molecule has 7 nitrogen and oxygen atoms in total. The van der Waals surface area contributed by atoms with E-state index >= 15 is 0 Å². The van der Waals surface area contributed by atoms with Crippen LogP contribution in [-0.2, 0) is 6.54 Å². The van der Waals surface area contributed by atoms with E-state index in [-0.39, 0.29) is 23.3 Å². The van der Waals surface area contributed by atoms with Crippen LogP contribution in [0.5, 0.6) is 5.75 Å². The molecule has 0 spiro atoms. The predicted molar refractivity (Wildman–Crippen MR) is 111 cm³/mol. The SMILES string of the molecule is C=C/C(=C\C(Br)=C/C)Cn1nc(-c2nc(-c3ccc(OC(F)(F)F)cc3)no2)nc1C. The fourth-order valence-electron chi connectivity index (χ4n) is 2.50. The van der Waals surface area contributed by atoms with Gasteiger partial charge in [0, 0.05) is 10.0 Å². The van der Waals surface area contributed by atoms with Crippen LogP contribution in [0.1, 0.15) is 12.7 Å². The minimum atomic E-state index is -4.76. The molecule has 2 aromatic heterocycles. The van der Waals surface area contributed by atoms with Crippen molar-refractivity contribution in [3.05, 3.63) is 65.0 Å². The van der Waals surface area contributed by atoms with Crippen molar-refractivity contribution in [1.82, 2.24) is 24.9 Å². The van der Waals surface area contributed by atoms with Gasteiger partial charge in [0.05, 0.1) is 6.54 Å². The molecular formula is C20H17BrF3N5O2. The largest absolute Gasteiger partial charge is 0.573 e. The summed E-state index contributed by atoms with van der Waals surface area (Å²) in [5.74, 6) is 0.804. The highest BCUT2D eigenvalue weighted by molar-refractivity contribution is 9.11. The number of alkyl halides is 3. The summed E-state index contributed by atoms with van der Waals surface area (Å²) in [6.45, 7) is 7.95. The summed E-state index contributed by atoms with van der Waals surface area (Å²) >= 11 is 3.43. The standard InChI is InChI=1S/C20H17BrF3N5O2/c1-4-13(10-15(21)5-2)11-29-12(3)25-18(27-29)19-26-17(28-31-19)14-6-8-16(9-7-14)30-20(22,23)24/h4-10H,1,11H2,2-3H3/b13-10+,15-5+. The van der Waals surface area contributed by atoms with Crippen molar-refractivity contribution in [3.63, 3.8) is 0 Å². The molecule has 3 aromatic rings. The molecule has 31 heavy (non-hydrogen) atoms. The topological polar surface area (TPSA) is 78.9 Å². The van der Waals surface area contributed by atoms with E-state index in [0.29, 0.717) is 17.9 Å². The highest BCUT2D eigenvalue weighted by Crippen LogP contribution is 2.26. The van der Waals surface area contributed by atoms with Crippen LogP contribution in [0.25, 0.3) is 23.1 Å². The van der Waals surface area contributed by atoms with Gasteiger partial charge >= 0.3 is 6.36 Å². The lowest BCUT2D eigenvalue weighted by Crippen LogP contribution is -2.16. The molecule has 0 N–H and O–H groups in total. The van der Waals surface area contributed by atoms with Gasteiger partial charge in [-0.05, 0) is 49.8 Å². The third-order valence-electron chi connectivity index (χ3n) is 4.01. The summed E-state index contributed by atoms with van der Waals surface area (Å²) in [5.41, 5.74) is 1.37. The highest BCUT2D eigenvalue weighted by Gasteiger charge is 2.31. The first-order valence-corrected chi connectivity index (χ1v) is 9.74. The molecule has 0 radical (unpaired) electrons. The van der Waals surface area contributed by atoms with Crippen molar-refractivity contribution in [2.45, 2.75) is 26.8 Å². The number of rotatable bonds is 7. The summed E-state index contributed by atoms with van der Waals surface area (Å²) < 4.78 is 48.5. The van der Waals surface area contributed by atoms with Gasteiger partial charge in [0.15, 0.2) is 0 Å². The van der Waals surface area contributed by atoms with Crippen molar-refractivity contribution in [1.29, 1.82) is 0 Å². The summed E-state index contributed by atoms with van der Waals surface area (Å²) in [6, 6.07) is 5.13. The van der Waals surface area contributed by atoms with Gasteiger partial charge in [-0.1, -0.05) is 39.8 Å². The molecule has 0 saturated carbocycles. The van der Waals surface area contributed by atoms with Crippen molar-refractivity contribution in [2.24, 2.45) is 0 Å².